The van der Waals surface area contributed by atoms with Gasteiger partial charge in [0.1, 0.15) is 6.61 Å². The van der Waals surface area contributed by atoms with E-state index in [9.17, 15) is 4.79 Å². The van der Waals surface area contributed by atoms with Gasteiger partial charge in [-0.3, -0.25) is 0 Å². The third-order valence-corrected chi connectivity index (χ3v) is 2.29. The first-order valence-corrected chi connectivity index (χ1v) is 6.17. The first-order chi connectivity index (χ1) is 9.17. The Hall–Kier alpha value is -1.94. The molecule has 0 fully saturated rings. The zero-order valence-corrected chi connectivity index (χ0v) is 11.3. The van der Waals surface area contributed by atoms with Gasteiger partial charge in [-0.15, -0.1) is 0 Å². The molecule has 1 aromatic rings. The third kappa shape index (κ3) is 5.48. The quantitative estimate of drug-likeness (QED) is 0.780. The van der Waals surface area contributed by atoms with E-state index in [1.807, 2.05) is 6.92 Å². The summed E-state index contributed by atoms with van der Waals surface area (Å²) in [6, 6.07) is 5.21. The van der Waals surface area contributed by atoms with Gasteiger partial charge in [-0.1, -0.05) is 17.7 Å². The van der Waals surface area contributed by atoms with Gasteiger partial charge in [0.15, 0.2) is 11.5 Å². The van der Waals surface area contributed by atoms with Crippen LogP contribution in [0.3, 0.4) is 0 Å². The Morgan fingerprint density at radius 3 is 2.79 bits per heavy atom. The summed E-state index contributed by atoms with van der Waals surface area (Å²) in [6.45, 7) is 2.70. The largest absolute Gasteiger partial charge is 0.490 e. The molecule has 0 aliphatic rings. The van der Waals surface area contributed by atoms with E-state index in [1.54, 1.807) is 24.3 Å². The van der Waals surface area contributed by atoms with E-state index in [1.165, 1.54) is 11.6 Å². The highest BCUT2D eigenvalue weighted by molar-refractivity contribution is 6.25. The first kappa shape index (κ1) is 15.1. The van der Waals surface area contributed by atoms with Gasteiger partial charge in [-0.25, -0.2) is 4.79 Å². The first-order valence-electron chi connectivity index (χ1n) is 5.73. The average molecular weight is 283 g/mol. The van der Waals surface area contributed by atoms with Crippen molar-refractivity contribution < 1.29 is 19.4 Å². The van der Waals surface area contributed by atoms with E-state index in [2.05, 4.69) is 0 Å². The van der Waals surface area contributed by atoms with Crippen molar-refractivity contribution in [1.29, 1.82) is 0 Å². The summed E-state index contributed by atoms with van der Waals surface area (Å²) < 4.78 is 10.9. The smallest absolute Gasteiger partial charge is 0.328 e. The highest BCUT2D eigenvalue weighted by Gasteiger charge is 2.05. The monoisotopic (exact) mass is 282 g/mol. The van der Waals surface area contributed by atoms with Gasteiger partial charge in [-0.05, 0) is 36.8 Å². The van der Waals surface area contributed by atoms with Gasteiger partial charge in [0.25, 0.3) is 0 Å². The normalized spacial score (nSPS) is 11.1. The number of ether oxygens (including phenoxy) is 2. The van der Waals surface area contributed by atoms with Crippen LogP contribution in [0.2, 0.25) is 0 Å². The second-order valence-electron chi connectivity index (χ2n) is 3.48. The van der Waals surface area contributed by atoms with Gasteiger partial charge < -0.3 is 14.6 Å². The summed E-state index contributed by atoms with van der Waals surface area (Å²) in [5.74, 6) is 0.160. The molecule has 0 atom stereocenters. The number of carboxylic acid groups (broad SMARTS) is 1. The van der Waals surface area contributed by atoms with Crippen LogP contribution in [0.15, 0.2) is 35.9 Å². The molecule has 0 aliphatic carbocycles. The molecule has 0 spiro atoms. The molecule has 1 N–H and O–H groups in total. The van der Waals surface area contributed by atoms with Crippen LogP contribution in [0.25, 0.3) is 6.08 Å². The second kappa shape index (κ2) is 8.21. The van der Waals surface area contributed by atoms with E-state index in [0.717, 1.165) is 11.6 Å². The van der Waals surface area contributed by atoms with Crippen molar-refractivity contribution in [3.63, 3.8) is 0 Å². The molecule has 0 saturated carbocycles. The van der Waals surface area contributed by atoms with Crippen LogP contribution >= 0.6 is 11.6 Å². The predicted octanol–water partition coefficient (Wildman–Crippen LogP) is 3.31. The van der Waals surface area contributed by atoms with E-state index < -0.39 is 5.97 Å². The lowest BCUT2D eigenvalue weighted by molar-refractivity contribution is -0.131. The zero-order valence-electron chi connectivity index (χ0n) is 10.5. The van der Waals surface area contributed by atoms with Crippen molar-refractivity contribution in [2.45, 2.75) is 6.92 Å². The molecule has 0 heterocycles. The maximum Gasteiger partial charge on any atom is 0.328 e. The number of carboxylic acids is 1. The van der Waals surface area contributed by atoms with Gasteiger partial charge >= 0.3 is 5.97 Å². The van der Waals surface area contributed by atoms with Crippen LogP contribution in [0.5, 0.6) is 11.5 Å². The summed E-state index contributed by atoms with van der Waals surface area (Å²) in [6.07, 6.45) is 4.23. The van der Waals surface area contributed by atoms with Crippen LogP contribution in [0.1, 0.15) is 12.5 Å². The molecular weight excluding hydrogens is 268 g/mol. The Morgan fingerprint density at radius 1 is 1.37 bits per heavy atom. The molecule has 19 heavy (non-hydrogen) atoms. The van der Waals surface area contributed by atoms with E-state index in [4.69, 9.17) is 26.2 Å². The number of aliphatic carboxylic acids is 1. The Labute approximate surface area is 116 Å². The summed E-state index contributed by atoms with van der Waals surface area (Å²) in [4.78, 5) is 10.5. The molecule has 0 radical (unpaired) electrons. The number of benzene rings is 1. The predicted molar refractivity (Wildman–Crippen MR) is 74.8 cm³/mol. The lowest BCUT2D eigenvalue weighted by atomic mass is 10.2. The molecule has 5 heteroatoms. The SMILES string of the molecule is CCOc1cc(/C=C/C(=O)O)ccc1OC/C=C/Cl. The Morgan fingerprint density at radius 2 is 2.16 bits per heavy atom. The van der Waals surface area contributed by atoms with Crippen LogP contribution in [-0.2, 0) is 4.79 Å². The number of carbonyl (C=O) groups is 1. The van der Waals surface area contributed by atoms with Crippen LogP contribution in [0.4, 0.5) is 0 Å². The van der Waals surface area contributed by atoms with E-state index in [-0.39, 0.29) is 0 Å². The molecule has 1 aromatic carbocycles. The molecule has 0 aromatic heterocycles. The molecule has 0 bridgehead atoms. The number of rotatable bonds is 7. The third-order valence-electron chi connectivity index (χ3n) is 2.11. The number of hydrogen-bond acceptors (Lipinski definition) is 3. The molecule has 0 amide bonds. The van der Waals surface area contributed by atoms with Crippen molar-refractivity contribution in [3.05, 3.63) is 41.4 Å². The minimum Gasteiger partial charge on any atom is -0.490 e. The van der Waals surface area contributed by atoms with Crippen molar-refractivity contribution >= 4 is 23.6 Å². The van der Waals surface area contributed by atoms with Crippen LogP contribution in [-0.4, -0.2) is 24.3 Å². The summed E-state index contributed by atoms with van der Waals surface area (Å²) in [7, 11) is 0. The van der Waals surface area contributed by atoms with Crippen molar-refractivity contribution in [3.8, 4) is 11.5 Å². The highest BCUT2D eigenvalue weighted by Crippen LogP contribution is 2.29. The average Bonchev–Trinajstić information content (AvgIpc) is 2.39. The number of hydrogen-bond donors (Lipinski definition) is 1. The highest BCUT2D eigenvalue weighted by atomic mass is 35.5. The Kier molecular flexibility index (Phi) is 6.53. The fourth-order valence-corrected chi connectivity index (χ4v) is 1.43. The van der Waals surface area contributed by atoms with E-state index in [0.29, 0.717) is 24.7 Å². The molecule has 0 unspecified atom stereocenters. The van der Waals surface area contributed by atoms with Gasteiger partial charge in [0.2, 0.25) is 0 Å². The van der Waals surface area contributed by atoms with E-state index >= 15 is 0 Å². The minimum atomic E-state index is -0.995. The second-order valence-corrected chi connectivity index (χ2v) is 3.74. The van der Waals surface area contributed by atoms with Gasteiger partial charge in [0, 0.05) is 11.6 Å². The fourth-order valence-electron chi connectivity index (χ4n) is 1.36. The standard InChI is InChI=1S/C14H15ClO4/c1-2-18-13-10-11(5-7-14(16)17)4-6-12(13)19-9-3-8-15/h3-8,10H,2,9H2,1H3,(H,16,17)/b7-5+,8-3+. The van der Waals surface area contributed by atoms with Crippen LogP contribution < -0.4 is 9.47 Å². The molecular formula is C14H15ClO4. The number of halogens is 1. The summed E-state index contributed by atoms with van der Waals surface area (Å²) >= 11 is 5.41. The van der Waals surface area contributed by atoms with Crippen LogP contribution in [0, 0.1) is 0 Å². The van der Waals surface area contributed by atoms with Crippen molar-refractivity contribution in [2.75, 3.05) is 13.2 Å². The maximum absolute atomic E-state index is 10.5. The van der Waals surface area contributed by atoms with Gasteiger partial charge in [-0.2, -0.15) is 0 Å². The minimum absolute atomic E-state index is 0.341. The molecule has 0 saturated heterocycles. The van der Waals surface area contributed by atoms with Crippen molar-refractivity contribution in [2.24, 2.45) is 0 Å². The topological polar surface area (TPSA) is 55.8 Å². The summed E-state index contributed by atoms with van der Waals surface area (Å²) in [5, 5.41) is 8.58. The Bertz CT molecular complexity index is 480. The summed E-state index contributed by atoms with van der Waals surface area (Å²) in [5.41, 5.74) is 2.11. The molecule has 102 valence electrons. The zero-order chi connectivity index (χ0) is 14.1. The molecule has 1 rings (SSSR count). The van der Waals surface area contributed by atoms with Gasteiger partial charge in [0.05, 0.1) is 6.61 Å². The lowest BCUT2D eigenvalue weighted by Gasteiger charge is -2.11. The lowest BCUT2D eigenvalue weighted by Crippen LogP contribution is -1.99. The molecule has 4 nitrogen and oxygen atoms in total. The maximum atomic E-state index is 10.5. The fraction of sp³-hybridized carbons (Fsp3) is 0.214. The molecule has 0 aliphatic heterocycles. The Balaban J connectivity index is 2.90. The van der Waals surface area contributed by atoms with Crippen molar-refractivity contribution in [1.82, 2.24) is 0 Å².